The molecule has 0 aliphatic heterocycles. The summed E-state index contributed by atoms with van der Waals surface area (Å²) in [4.78, 5) is 0. The predicted octanol–water partition coefficient (Wildman–Crippen LogP) is 4.38. The van der Waals surface area contributed by atoms with Gasteiger partial charge in [0.25, 0.3) is 0 Å². The number of hydrogen-bond donors (Lipinski definition) is 3. The van der Waals surface area contributed by atoms with Crippen molar-refractivity contribution < 1.29 is 5.11 Å². The van der Waals surface area contributed by atoms with E-state index in [1.165, 1.54) is 37.7 Å². The van der Waals surface area contributed by atoms with Crippen molar-refractivity contribution in [1.29, 1.82) is 0 Å². The minimum atomic E-state index is 0.277. The van der Waals surface area contributed by atoms with Crippen LogP contribution in [0.3, 0.4) is 0 Å². The first kappa shape index (κ1) is 21.8. The summed E-state index contributed by atoms with van der Waals surface area (Å²) in [5, 5.41) is 16.0. The first-order chi connectivity index (χ1) is 13.4. The van der Waals surface area contributed by atoms with Gasteiger partial charge in [0, 0.05) is 26.2 Å². The molecular weight excluding hydrogens is 344 g/mol. The Kier molecular flexibility index (Phi) is 7.22. The highest BCUT2D eigenvalue weighted by Crippen LogP contribution is 2.57. The van der Waals surface area contributed by atoms with Gasteiger partial charge in [0.05, 0.1) is 0 Å². The highest BCUT2D eigenvalue weighted by molar-refractivity contribution is 5.42. The second-order valence-electron chi connectivity index (χ2n) is 10.1. The Bertz CT molecular complexity index is 643. The van der Waals surface area contributed by atoms with E-state index >= 15 is 0 Å². The molecular formula is C25H42N2O. The van der Waals surface area contributed by atoms with Crippen molar-refractivity contribution in [1.82, 2.24) is 10.6 Å². The Labute approximate surface area is 172 Å². The molecule has 0 aromatic heterocycles. The first-order valence-electron chi connectivity index (χ1n) is 11.6. The number of aliphatic hydroxyl groups excluding tert-OH is 1. The van der Waals surface area contributed by atoms with Crippen molar-refractivity contribution in [2.75, 3.05) is 32.8 Å². The molecule has 3 N–H and O–H groups in total. The molecule has 0 saturated heterocycles. The third kappa shape index (κ3) is 4.47. The van der Waals surface area contributed by atoms with Crippen LogP contribution < -0.4 is 10.6 Å². The zero-order valence-electron chi connectivity index (χ0n) is 18.6. The topological polar surface area (TPSA) is 44.3 Å². The lowest BCUT2D eigenvalue weighted by atomic mass is 9.49. The second-order valence-corrected chi connectivity index (χ2v) is 10.1. The fourth-order valence-corrected chi connectivity index (χ4v) is 6.09. The average molecular weight is 387 g/mol. The summed E-state index contributed by atoms with van der Waals surface area (Å²) in [7, 11) is 0. The van der Waals surface area contributed by atoms with Gasteiger partial charge in [-0.25, -0.2) is 0 Å². The Hall–Kier alpha value is -0.900. The highest BCUT2D eigenvalue weighted by atomic mass is 16.3. The van der Waals surface area contributed by atoms with Crippen molar-refractivity contribution in [2.45, 2.75) is 77.6 Å². The van der Waals surface area contributed by atoms with Crippen molar-refractivity contribution in [3.8, 4) is 0 Å². The lowest BCUT2D eigenvalue weighted by Gasteiger charge is -2.55. The Morgan fingerprint density at radius 3 is 2.64 bits per heavy atom. The maximum absolute atomic E-state index is 8.86. The van der Waals surface area contributed by atoms with Crippen LogP contribution in [0.25, 0.3) is 0 Å². The number of aliphatic hydroxyl groups is 1. The third-order valence-electron chi connectivity index (χ3n) is 7.69. The van der Waals surface area contributed by atoms with Crippen molar-refractivity contribution in [3.05, 3.63) is 34.9 Å². The molecule has 1 aromatic carbocycles. The molecule has 158 valence electrons. The summed E-state index contributed by atoms with van der Waals surface area (Å²) in [6.07, 6.45) is 7.44. The normalized spacial score (nSPS) is 29.6. The van der Waals surface area contributed by atoms with E-state index in [0.717, 1.165) is 38.5 Å². The number of hydrogen-bond acceptors (Lipinski definition) is 3. The van der Waals surface area contributed by atoms with E-state index in [9.17, 15) is 0 Å². The summed E-state index contributed by atoms with van der Waals surface area (Å²) < 4.78 is 0. The van der Waals surface area contributed by atoms with Crippen LogP contribution in [0.15, 0.2) is 18.2 Å². The van der Waals surface area contributed by atoms with E-state index in [0.29, 0.717) is 16.7 Å². The van der Waals surface area contributed by atoms with Gasteiger partial charge in [-0.1, -0.05) is 52.3 Å². The predicted molar refractivity (Wildman–Crippen MR) is 119 cm³/mol. The molecule has 28 heavy (non-hydrogen) atoms. The maximum atomic E-state index is 8.86. The molecule has 2 aliphatic carbocycles. The molecule has 3 heteroatoms. The number of aryl methyl sites for hydroxylation is 1. The molecule has 0 spiro atoms. The van der Waals surface area contributed by atoms with E-state index in [1.807, 2.05) is 0 Å². The molecule has 3 atom stereocenters. The second kappa shape index (κ2) is 9.28. The van der Waals surface area contributed by atoms with E-state index in [-0.39, 0.29) is 6.61 Å². The zero-order valence-corrected chi connectivity index (χ0v) is 18.6. The molecule has 0 heterocycles. The summed E-state index contributed by atoms with van der Waals surface area (Å²) in [6, 6.07) is 7.37. The van der Waals surface area contributed by atoms with Gasteiger partial charge < -0.3 is 15.7 Å². The summed E-state index contributed by atoms with van der Waals surface area (Å²) in [6.45, 7) is 14.0. The van der Waals surface area contributed by atoms with Crippen LogP contribution in [0.1, 0.15) is 82.4 Å². The lowest BCUT2D eigenvalue weighted by Crippen LogP contribution is -2.53. The number of nitrogens with one attached hydrogen (secondary N) is 2. The third-order valence-corrected chi connectivity index (χ3v) is 7.69. The van der Waals surface area contributed by atoms with Gasteiger partial charge in [-0.3, -0.25) is 0 Å². The Balaban J connectivity index is 1.67. The SMILES string of the molecule is CC(C)c1ccc2c(c1)CC[C@H]1[C@](C)(CNCCNCCCO)CCC[C@]21C. The first-order valence-corrected chi connectivity index (χ1v) is 11.6. The quantitative estimate of drug-likeness (QED) is 0.552. The Morgan fingerprint density at radius 1 is 1.11 bits per heavy atom. The van der Waals surface area contributed by atoms with Crippen LogP contribution in [-0.2, 0) is 11.8 Å². The molecule has 1 fully saturated rings. The van der Waals surface area contributed by atoms with Gasteiger partial charge in [-0.2, -0.15) is 0 Å². The van der Waals surface area contributed by atoms with Gasteiger partial charge in [0.1, 0.15) is 0 Å². The highest BCUT2D eigenvalue weighted by Gasteiger charge is 2.51. The average Bonchev–Trinajstić information content (AvgIpc) is 2.66. The van der Waals surface area contributed by atoms with Crippen LogP contribution in [0.4, 0.5) is 0 Å². The van der Waals surface area contributed by atoms with E-state index < -0.39 is 0 Å². The minimum Gasteiger partial charge on any atom is -0.396 e. The van der Waals surface area contributed by atoms with Gasteiger partial charge in [0.15, 0.2) is 0 Å². The Morgan fingerprint density at radius 2 is 1.89 bits per heavy atom. The molecule has 2 aliphatic rings. The zero-order chi connectivity index (χ0) is 20.2. The molecule has 1 aromatic rings. The summed E-state index contributed by atoms with van der Waals surface area (Å²) in [5.41, 5.74) is 5.47. The van der Waals surface area contributed by atoms with Gasteiger partial charge >= 0.3 is 0 Å². The number of rotatable bonds is 9. The number of benzene rings is 1. The molecule has 0 radical (unpaired) electrons. The van der Waals surface area contributed by atoms with Crippen LogP contribution >= 0.6 is 0 Å². The largest absolute Gasteiger partial charge is 0.396 e. The molecule has 3 rings (SSSR count). The van der Waals surface area contributed by atoms with Crippen LogP contribution in [0.2, 0.25) is 0 Å². The van der Waals surface area contributed by atoms with Gasteiger partial charge in [0.2, 0.25) is 0 Å². The maximum Gasteiger partial charge on any atom is 0.0443 e. The fourth-order valence-electron chi connectivity index (χ4n) is 6.09. The summed E-state index contributed by atoms with van der Waals surface area (Å²) >= 11 is 0. The van der Waals surface area contributed by atoms with E-state index in [1.54, 1.807) is 11.1 Å². The lowest BCUT2D eigenvalue weighted by molar-refractivity contribution is 0.0261. The molecule has 3 nitrogen and oxygen atoms in total. The minimum absolute atomic E-state index is 0.277. The molecule has 0 amide bonds. The van der Waals surface area contributed by atoms with E-state index in [4.69, 9.17) is 5.11 Å². The van der Waals surface area contributed by atoms with Crippen LogP contribution in [-0.4, -0.2) is 37.9 Å². The number of fused-ring (bicyclic) bond motifs is 3. The van der Waals surface area contributed by atoms with Crippen LogP contribution in [0.5, 0.6) is 0 Å². The van der Waals surface area contributed by atoms with Crippen molar-refractivity contribution in [3.63, 3.8) is 0 Å². The monoisotopic (exact) mass is 386 g/mol. The van der Waals surface area contributed by atoms with E-state index in [2.05, 4.69) is 56.5 Å². The summed E-state index contributed by atoms with van der Waals surface area (Å²) in [5.74, 6) is 1.38. The smallest absolute Gasteiger partial charge is 0.0443 e. The molecule has 0 unspecified atom stereocenters. The van der Waals surface area contributed by atoms with Gasteiger partial charge in [-0.05, 0) is 78.0 Å². The van der Waals surface area contributed by atoms with Gasteiger partial charge in [-0.15, -0.1) is 0 Å². The standard InChI is InChI=1S/C25H42N2O/c1-19(2)20-7-9-22-21(17-20)8-10-23-24(3,11-5-12-25(22,23)4)18-27-15-14-26-13-6-16-28/h7,9,17,19,23,26-28H,5-6,8,10-16,18H2,1-4H3/t23-,24-,25+/m0/s1. The van der Waals surface area contributed by atoms with Crippen LogP contribution in [0, 0.1) is 11.3 Å². The van der Waals surface area contributed by atoms with Crippen molar-refractivity contribution >= 4 is 0 Å². The van der Waals surface area contributed by atoms with Crippen molar-refractivity contribution in [2.24, 2.45) is 11.3 Å². The fraction of sp³-hybridized carbons (Fsp3) is 0.760. The molecule has 0 bridgehead atoms. The molecule has 1 saturated carbocycles.